The lowest BCUT2D eigenvalue weighted by Gasteiger charge is -2.07. The van der Waals surface area contributed by atoms with Gasteiger partial charge < -0.3 is 10.6 Å². The molecule has 1 aromatic rings. The van der Waals surface area contributed by atoms with Gasteiger partial charge in [0, 0.05) is 11.6 Å². The molecule has 0 aromatic heterocycles. The minimum atomic E-state index is -0.161. The largest absolute Gasteiger partial charge is 0.324 e. The van der Waals surface area contributed by atoms with Crippen LogP contribution in [0.15, 0.2) is 30.9 Å². The van der Waals surface area contributed by atoms with Gasteiger partial charge in [-0.1, -0.05) is 29.3 Å². The van der Waals surface area contributed by atoms with Crippen molar-refractivity contribution >= 4 is 34.8 Å². The first kappa shape index (κ1) is 13.0. The van der Waals surface area contributed by atoms with E-state index in [9.17, 15) is 4.79 Å². The topological polar surface area (TPSA) is 41.1 Å². The second kappa shape index (κ2) is 6.53. The monoisotopic (exact) mass is 258 g/mol. The number of carbonyl (C=O) groups excluding carboxylic acids is 1. The summed E-state index contributed by atoms with van der Waals surface area (Å²) in [5.41, 5.74) is 0.552. The standard InChI is InChI=1S/C11H12Cl2N2O/c1-2-5-14-7-11(16)15-10-4-3-8(12)6-9(10)13/h2-4,6,14H,1,5,7H2,(H,15,16). The molecule has 0 aliphatic carbocycles. The summed E-state index contributed by atoms with van der Waals surface area (Å²) in [6.07, 6.45) is 1.68. The number of amides is 1. The summed E-state index contributed by atoms with van der Waals surface area (Å²) >= 11 is 11.6. The molecular weight excluding hydrogens is 247 g/mol. The molecule has 2 N–H and O–H groups in total. The van der Waals surface area contributed by atoms with Crippen LogP contribution in [0.25, 0.3) is 0 Å². The van der Waals surface area contributed by atoms with Crippen molar-refractivity contribution in [3.63, 3.8) is 0 Å². The number of hydrogen-bond acceptors (Lipinski definition) is 2. The van der Waals surface area contributed by atoms with Crippen LogP contribution in [0, 0.1) is 0 Å². The van der Waals surface area contributed by atoms with E-state index >= 15 is 0 Å². The lowest BCUT2D eigenvalue weighted by molar-refractivity contribution is -0.115. The van der Waals surface area contributed by atoms with Crippen LogP contribution >= 0.6 is 23.2 Å². The first-order valence-corrected chi connectivity index (χ1v) is 5.45. The summed E-state index contributed by atoms with van der Waals surface area (Å²) < 4.78 is 0. The summed E-state index contributed by atoms with van der Waals surface area (Å²) in [7, 11) is 0. The fraction of sp³-hybridized carbons (Fsp3) is 0.182. The summed E-state index contributed by atoms with van der Waals surface area (Å²) in [6, 6.07) is 4.91. The zero-order chi connectivity index (χ0) is 12.0. The Hall–Kier alpha value is -1.03. The second-order valence-corrected chi connectivity index (χ2v) is 3.94. The van der Waals surface area contributed by atoms with Crippen LogP contribution in [-0.4, -0.2) is 19.0 Å². The first-order chi connectivity index (χ1) is 7.63. The Morgan fingerprint density at radius 2 is 2.19 bits per heavy atom. The summed E-state index contributed by atoms with van der Waals surface area (Å²) in [6.45, 7) is 4.33. The Morgan fingerprint density at radius 1 is 1.44 bits per heavy atom. The Kier molecular flexibility index (Phi) is 5.32. The molecule has 0 saturated carbocycles. The molecule has 0 heterocycles. The number of benzene rings is 1. The van der Waals surface area contributed by atoms with Crippen LogP contribution in [0.2, 0.25) is 10.0 Å². The van der Waals surface area contributed by atoms with Gasteiger partial charge in [-0.05, 0) is 18.2 Å². The van der Waals surface area contributed by atoms with Gasteiger partial charge in [-0.25, -0.2) is 0 Å². The van der Waals surface area contributed by atoms with Crippen LogP contribution in [0.3, 0.4) is 0 Å². The minimum absolute atomic E-state index is 0.161. The Labute approximate surface area is 104 Å². The number of rotatable bonds is 5. The van der Waals surface area contributed by atoms with Gasteiger partial charge >= 0.3 is 0 Å². The lowest BCUT2D eigenvalue weighted by Crippen LogP contribution is -2.28. The molecule has 1 amide bonds. The lowest BCUT2D eigenvalue weighted by atomic mass is 10.3. The number of nitrogens with one attached hydrogen (secondary N) is 2. The first-order valence-electron chi connectivity index (χ1n) is 4.70. The van der Waals surface area contributed by atoms with E-state index in [0.29, 0.717) is 22.3 Å². The molecule has 16 heavy (non-hydrogen) atoms. The number of hydrogen-bond donors (Lipinski definition) is 2. The SMILES string of the molecule is C=CCNCC(=O)Nc1ccc(Cl)cc1Cl. The fourth-order valence-electron chi connectivity index (χ4n) is 1.07. The van der Waals surface area contributed by atoms with Crippen molar-refractivity contribution in [2.45, 2.75) is 0 Å². The van der Waals surface area contributed by atoms with Gasteiger partial charge in [0.25, 0.3) is 0 Å². The maximum Gasteiger partial charge on any atom is 0.238 e. The van der Waals surface area contributed by atoms with Crippen LogP contribution in [0.1, 0.15) is 0 Å². The molecule has 0 atom stereocenters. The predicted molar refractivity (Wildman–Crippen MR) is 68.2 cm³/mol. The molecule has 0 aliphatic heterocycles. The van der Waals surface area contributed by atoms with E-state index < -0.39 is 0 Å². The van der Waals surface area contributed by atoms with Gasteiger partial charge in [-0.2, -0.15) is 0 Å². The molecule has 0 bridgehead atoms. The zero-order valence-corrected chi connectivity index (χ0v) is 10.1. The van der Waals surface area contributed by atoms with Crippen LogP contribution in [-0.2, 0) is 4.79 Å². The number of anilines is 1. The van der Waals surface area contributed by atoms with Crippen molar-refractivity contribution in [1.82, 2.24) is 5.32 Å². The third-order valence-electron chi connectivity index (χ3n) is 1.78. The minimum Gasteiger partial charge on any atom is -0.324 e. The fourth-order valence-corrected chi connectivity index (χ4v) is 1.53. The smallest absolute Gasteiger partial charge is 0.238 e. The summed E-state index contributed by atoms with van der Waals surface area (Å²) in [5.74, 6) is -0.161. The van der Waals surface area contributed by atoms with E-state index in [-0.39, 0.29) is 12.5 Å². The van der Waals surface area contributed by atoms with Crippen molar-refractivity contribution in [3.8, 4) is 0 Å². The number of halogens is 2. The highest BCUT2D eigenvalue weighted by molar-refractivity contribution is 6.36. The predicted octanol–water partition coefficient (Wildman–Crippen LogP) is 2.71. The maximum atomic E-state index is 11.4. The number of carbonyl (C=O) groups is 1. The molecule has 3 nitrogen and oxygen atoms in total. The molecule has 0 radical (unpaired) electrons. The third-order valence-corrected chi connectivity index (χ3v) is 2.33. The van der Waals surface area contributed by atoms with Gasteiger partial charge in [0.2, 0.25) is 5.91 Å². The van der Waals surface area contributed by atoms with E-state index in [2.05, 4.69) is 17.2 Å². The molecule has 0 aliphatic rings. The third kappa shape index (κ3) is 4.23. The van der Waals surface area contributed by atoms with Crippen LogP contribution in [0.5, 0.6) is 0 Å². The second-order valence-electron chi connectivity index (χ2n) is 3.09. The van der Waals surface area contributed by atoms with Crippen molar-refractivity contribution < 1.29 is 4.79 Å². The highest BCUT2D eigenvalue weighted by atomic mass is 35.5. The average Bonchev–Trinajstić information content (AvgIpc) is 2.23. The molecule has 5 heteroatoms. The van der Waals surface area contributed by atoms with E-state index in [4.69, 9.17) is 23.2 Å². The molecule has 1 rings (SSSR count). The van der Waals surface area contributed by atoms with Crippen molar-refractivity contribution in [3.05, 3.63) is 40.9 Å². The van der Waals surface area contributed by atoms with E-state index in [1.54, 1.807) is 24.3 Å². The highest BCUT2D eigenvalue weighted by Gasteiger charge is 2.05. The van der Waals surface area contributed by atoms with E-state index in [1.165, 1.54) is 0 Å². The van der Waals surface area contributed by atoms with Gasteiger partial charge in [0.15, 0.2) is 0 Å². The summed E-state index contributed by atoms with van der Waals surface area (Å²) in [5, 5.41) is 6.51. The van der Waals surface area contributed by atoms with Crippen molar-refractivity contribution in [1.29, 1.82) is 0 Å². The molecule has 0 spiro atoms. The molecule has 0 saturated heterocycles. The van der Waals surface area contributed by atoms with Crippen molar-refractivity contribution in [2.24, 2.45) is 0 Å². The van der Waals surface area contributed by atoms with E-state index in [0.717, 1.165) is 0 Å². The molecule has 86 valence electrons. The van der Waals surface area contributed by atoms with Gasteiger partial charge in [0.05, 0.1) is 17.3 Å². The normalized spacial score (nSPS) is 9.88. The Morgan fingerprint density at radius 3 is 2.81 bits per heavy atom. The van der Waals surface area contributed by atoms with Gasteiger partial charge in [-0.15, -0.1) is 6.58 Å². The Bertz CT molecular complexity index is 394. The maximum absolute atomic E-state index is 11.4. The highest BCUT2D eigenvalue weighted by Crippen LogP contribution is 2.25. The zero-order valence-electron chi connectivity index (χ0n) is 8.59. The van der Waals surface area contributed by atoms with Crippen LogP contribution in [0.4, 0.5) is 5.69 Å². The summed E-state index contributed by atoms with van der Waals surface area (Å²) in [4.78, 5) is 11.4. The van der Waals surface area contributed by atoms with Crippen LogP contribution < -0.4 is 10.6 Å². The van der Waals surface area contributed by atoms with Gasteiger partial charge in [0.1, 0.15) is 0 Å². The van der Waals surface area contributed by atoms with Crippen molar-refractivity contribution in [2.75, 3.05) is 18.4 Å². The molecule has 0 unspecified atom stereocenters. The average molecular weight is 259 g/mol. The van der Waals surface area contributed by atoms with E-state index in [1.807, 2.05) is 0 Å². The molecule has 1 aromatic carbocycles. The Balaban J connectivity index is 2.52. The quantitative estimate of drug-likeness (QED) is 0.630. The van der Waals surface area contributed by atoms with Gasteiger partial charge in [-0.3, -0.25) is 4.79 Å². The molecular formula is C11H12Cl2N2O. The molecule has 0 fully saturated rings.